The molecule has 1 N–H and O–H groups in total. The van der Waals surface area contributed by atoms with Crippen molar-refractivity contribution in [2.75, 3.05) is 12.5 Å². The van der Waals surface area contributed by atoms with Gasteiger partial charge in [-0.15, -0.1) is 0 Å². The zero-order valence-electron chi connectivity index (χ0n) is 17.6. The molecule has 0 fully saturated rings. The highest BCUT2D eigenvalue weighted by Gasteiger charge is 2.09. The summed E-state index contributed by atoms with van der Waals surface area (Å²) in [7, 11) is 1.64. The first-order chi connectivity index (χ1) is 15.6. The Morgan fingerprint density at radius 3 is 2.59 bits per heavy atom. The number of para-hydroxylation sites is 1. The Morgan fingerprint density at radius 1 is 0.969 bits per heavy atom. The number of anilines is 1. The van der Waals surface area contributed by atoms with Crippen molar-refractivity contribution < 1.29 is 9.15 Å². The van der Waals surface area contributed by atoms with Gasteiger partial charge in [-0.1, -0.05) is 29.8 Å². The number of nitrogens with zero attached hydrogens (tertiary/aromatic N) is 2. The summed E-state index contributed by atoms with van der Waals surface area (Å²) in [6.07, 6.45) is 0. The van der Waals surface area contributed by atoms with Crippen LogP contribution in [0.5, 0.6) is 5.75 Å². The zero-order valence-corrected chi connectivity index (χ0v) is 18.4. The molecule has 3 aromatic carbocycles. The molecule has 0 aliphatic rings. The maximum Gasteiger partial charge on any atom is 0.146 e. The standard InChI is InChI=1S/C26H20ClN3O2/c1-16-13-25-20(14-21(16)27)23(15-24(32-25)18-7-10-19(31-2)11-8-18)29-30-26-12-9-17-5-3-4-6-22(17)28-26/h3-15H,1-2H3,(H,28,30)/b29-23+. The number of aromatic nitrogens is 1. The third-order valence-corrected chi connectivity index (χ3v) is 5.70. The van der Waals surface area contributed by atoms with E-state index in [1.807, 2.05) is 85.8 Å². The van der Waals surface area contributed by atoms with Crippen molar-refractivity contribution in [2.24, 2.45) is 5.10 Å². The Balaban J connectivity index is 1.63. The van der Waals surface area contributed by atoms with Crippen molar-refractivity contribution >= 4 is 39.3 Å². The van der Waals surface area contributed by atoms with Gasteiger partial charge in [0.15, 0.2) is 0 Å². The first kappa shape index (κ1) is 20.1. The lowest BCUT2D eigenvalue weighted by molar-refractivity contribution is 0.415. The molecule has 2 heterocycles. The summed E-state index contributed by atoms with van der Waals surface area (Å²) in [6.45, 7) is 1.95. The van der Waals surface area contributed by atoms with Crippen LogP contribution in [0.15, 0.2) is 88.4 Å². The maximum absolute atomic E-state index is 6.40. The number of rotatable bonds is 4. The smallest absolute Gasteiger partial charge is 0.146 e. The van der Waals surface area contributed by atoms with Gasteiger partial charge in [-0.25, -0.2) is 4.98 Å². The number of hydrogen-bond donors (Lipinski definition) is 1. The molecule has 0 radical (unpaired) electrons. The molecule has 6 heteroatoms. The third-order valence-electron chi connectivity index (χ3n) is 5.29. The first-order valence-electron chi connectivity index (χ1n) is 10.1. The van der Waals surface area contributed by atoms with Crippen LogP contribution >= 0.6 is 11.6 Å². The van der Waals surface area contributed by atoms with E-state index in [2.05, 4.69) is 15.5 Å². The Labute approximate surface area is 189 Å². The summed E-state index contributed by atoms with van der Waals surface area (Å²) in [5.41, 5.74) is 6.54. The fourth-order valence-corrected chi connectivity index (χ4v) is 3.69. The van der Waals surface area contributed by atoms with Crippen molar-refractivity contribution in [2.45, 2.75) is 6.92 Å². The van der Waals surface area contributed by atoms with E-state index in [0.29, 0.717) is 27.5 Å². The molecule has 5 aromatic rings. The van der Waals surface area contributed by atoms with E-state index in [-0.39, 0.29) is 0 Å². The summed E-state index contributed by atoms with van der Waals surface area (Å²) < 4.78 is 11.5. The molecule has 0 unspecified atom stereocenters. The van der Waals surface area contributed by atoms with Gasteiger partial charge >= 0.3 is 0 Å². The van der Waals surface area contributed by atoms with Gasteiger partial charge < -0.3 is 9.15 Å². The van der Waals surface area contributed by atoms with Gasteiger partial charge in [-0.05, 0) is 67.1 Å². The van der Waals surface area contributed by atoms with Gasteiger partial charge in [0.1, 0.15) is 22.9 Å². The molecule has 0 bridgehead atoms. The molecule has 32 heavy (non-hydrogen) atoms. The van der Waals surface area contributed by atoms with E-state index in [1.165, 1.54) is 0 Å². The second-order valence-electron chi connectivity index (χ2n) is 7.43. The van der Waals surface area contributed by atoms with Crippen LogP contribution in [0, 0.1) is 6.92 Å². The first-order valence-corrected chi connectivity index (χ1v) is 10.5. The quantitative estimate of drug-likeness (QED) is 0.321. The van der Waals surface area contributed by atoms with Gasteiger partial charge in [0.2, 0.25) is 0 Å². The van der Waals surface area contributed by atoms with Crippen LogP contribution in [0.3, 0.4) is 0 Å². The molecule has 0 atom stereocenters. The van der Waals surface area contributed by atoms with E-state index >= 15 is 0 Å². The molecule has 2 aromatic heterocycles. The summed E-state index contributed by atoms with van der Waals surface area (Å²) >= 11 is 6.40. The minimum absolute atomic E-state index is 0.654. The van der Waals surface area contributed by atoms with Crippen LogP contribution in [0.4, 0.5) is 5.82 Å². The molecule has 0 spiro atoms. The molecule has 5 rings (SSSR count). The monoisotopic (exact) mass is 441 g/mol. The third kappa shape index (κ3) is 3.90. The topological polar surface area (TPSA) is 59.6 Å². The number of methoxy groups -OCH3 is 1. The summed E-state index contributed by atoms with van der Waals surface area (Å²) in [5, 5.41) is 7.89. The highest BCUT2D eigenvalue weighted by atomic mass is 35.5. The number of halogens is 1. The molecule has 158 valence electrons. The average Bonchev–Trinajstić information content (AvgIpc) is 2.83. The van der Waals surface area contributed by atoms with Crippen LogP contribution in [0.2, 0.25) is 5.02 Å². The zero-order chi connectivity index (χ0) is 22.1. The van der Waals surface area contributed by atoms with Gasteiger partial charge in [0, 0.05) is 27.4 Å². The second-order valence-corrected chi connectivity index (χ2v) is 7.84. The van der Waals surface area contributed by atoms with Crippen molar-refractivity contribution in [3.8, 4) is 17.1 Å². The number of hydrogen-bond acceptors (Lipinski definition) is 5. The normalized spacial score (nSPS) is 11.8. The number of nitrogens with one attached hydrogen (secondary N) is 1. The lowest BCUT2D eigenvalue weighted by Crippen LogP contribution is -2.08. The molecule has 5 nitrogen and oxygen atoms in total. The predicted molar refractivity (Wildman–Crippen MR) is 129 cm³/mol. The number of ether oxygens (including phenoxy) is 1. The lowest BCUT2D eigenvalue weighted by atomic mass is 10.1. The number of fused-ring (bicyclic) bond motifs is 2. The van der Waals surface area contributed by atoms with Crippen LogP contribution in [0.1, 0.15) is 5.56 Å². The van der Waals surface area contributed by atoms with Crippen molar-refractivity contribution in [1.29, 1.82) is 0 Å². The highest BCUT2D eigenvalue weighted by molar-refractivity contribution is 6.32. The lowest BCUT2D eigenvalue weighted by Gasteiger charge is -2.08. The average molecular weight is 442 g/mol. The van der Waals surface area contributed by atoms with E-state index in [0.717, 1.165) is 33.2 Å². The number of pyridine rings is 1. The molecule has 0 aliphatic carbocycles. The van der Waals surface area contributed by atoms with Crippen LogP contribution < -0.4 is 15.5 Å². The molecule has 0 amide bonds. The van der Waals surface area contributed by atoms with Crippen LogP contribution in [-0.2, 0) is 0 Å². The van der Waals surface area contributed by atoms with Crippen molar-refractivity contribution in [3.63, 3.8) is 0 Å². The predicted octanol–water partition coefficient (Wildman–Crippen LogP) is 6.55. The summed E-state index contributed by atoms with van der Waals surface area (Å²) in [5.74, 6) is 2.13. The Kier molecular flexibility index (Phi) is 5.25. The molecule has 0 saturated carbocycles. The molecule has 0 saturated heterocycles. The van der Waals surface area contributed by atoms with Crippen molar-refractivity contribution in [1.82, 2.24) is 4.98 Å². The van der Waals surface area contributed by atoms with Gasteiger partial charge in [-0.3, -0.25) is 5.43 Å². The summed E-state index contributed by atoms with van der Waals surface area (Å²) in [6, 6.07) is 25.3. The van der Waals surface area contributed by atoms with E-state index in [1.54, 1.807) is 7.11 Å². The van der Waals surface area contributed by atoms with E-state index in [9.17, 15) is 0 Å². The largest absolute Gasteiger partial charge is 0.497 e. The Morgan fingerprint density at radius 2 is 1.78 bits per heavy atom. The minimum Gasteiger partial charge on any atom is -0.497 e. The van der Waals surface area contributed by atoms with Crippen LogP contribution in [0.25, 0.3) is 33.2 Å². The van der Waals surface area contributed by atoms with E-state index < -0.39 is 0 Å². The number of aryl methyl sites for hydroxylation is 1. The molecular weight excluding hydrogens is 422 g/mol. The van der Waals surface area contributed by atoms with Gasteiger partial charge in [-0.2, -0.15) is 5.10 Å². The maximum atomic E-state index is 6.40. The fraction of sp³-hybridized carbons (Fsp3) is 0.0769. The molecular formula is C26H20ClN3O2. The second kappa shape index (κ2) is 8.36. The number of benzene rings is 3. The van der Waals surface area contributed by atoms with Gasteiger partial charge in [0.25, 0.3) is 0 Å². The Hall–Kier alpha value is -3.83. The van der Waals surface area contributed by atoms with E-state index in [4.69, 9.17) is 20.8 Å². The van der Waals surface area contributed by atoms with Gasteiger partial charge in [0.05, 0.1) is 18.0 Å². The molecule has 0 aliphatic heterocycles. The Bertz CT molecular complexity index is 1510. The van der Waals surface area contributed by atoms with Crippen molar-refractivity contribution in [3.05, 3.63) is 94.8 Å². The fourth-order valence-electron chi connectivity index (χ4n) is 3.53. The summed E-state index contributed by atoms with van der Waals surface area (Å²) in [4.78, 5) is 4.63. The minimum atomic E-state index is 0.654. The highest BCUT2D eigenvalue weighted by Crippen LogP contribution is 2.27. The SMILES string of the molecule is COc1ccc(-c2c/c(=N\Nc3ccc4ccccc4n3)c3cc(Cl)c(C)cc3o2)cc1. The van der Waals surface area contributed by atoms with Crippen LogP contribution in [-0.4, -0.2) is 12.1 Å².